The van der Waals surface area contributed by atoms with Gasteiger partial charge in [0.15, 0.2) is 23.7 Å². The summed E-state index contributed by atoms with van der Waals surface area (Å²) in [7, 11) is -16.2. The molecule has 0 bridgehead atoms. The lowest BCUT2D eigenvalue weighted by Crippen LogP contribution is -2.40. The maximum absolute atomic E-state index is 12.1. The van der Waals surface area contributed by atoms with E-state index in [0.29, 0.717) is 0 Å². The molecular formula is C11H18N5O15P3. The molecule has 192 valence electrons. The number of nitrogen functional groups attached to an aromatic ring is 1. The maximum Gasteiger partial charge on any atom is 0.490 e. The predicted octanol–water partition coefficient (Wildman–Crippen LogP) is -2.36. The van der Waals surface area contributed by atoms with E-state index in [1.165, 1.54) is 0 Å². The van der Waals surface area contributed by atoms with Crippen LogP contribution in [0.2, 0.25) is 0 Å². The number of aromatic amines is 1. The van der Waals surface area contributed by atoms with Crippen LogP contribution < -0.4 is 11.3 Å². The van der Waals surface area contributed by atoms with Gasteiger partial charge in [0, 0.05) is 7.11 Å². The SMILES string of the molecule is COC(OP(=O)(O)OP(=O)(O)OP(=O)(O)O)[C@H]1O[C@@H](n2cnc3c(=O)[nH]c(N)nc32)[C@H](O)[C@@H]1O. The Balaban J connectivity index is 1.83. The number of phosphoric acid groups is 3. The standard InChI is InChI=1S/C11H18N5O15P3/c1-27-10(29-33(23,24)31-34(25,26)30-32(20,21)22)6-4(17)5(18)9(28-6)16-2-13-3-7(16)14-11(12)15-8(3)19/h2,4-6,9-10,17-18H,1H3,(H,23,24)(H,25,26)(H2,20,21,22)(H3,12,14,15,19)/t4-,5+,6-,9+,10?/m0/s1. The zero-order valence-corrected chi connectivity index (χ0v) is 19.3. The van der Waals surface area contributed by atoms with Gasteiger partial charge in [-0.1, -0.05) is 0 Å². The molecule has 3 rings (SSSR count). The second kappa shape index (κ2) is 9.45. The van der Waals surface area contributed by atoms with Gasteiger partial charge in [-0.2, -0.15) is 13.6 Å². The van der Waals surface area contributed by atoms with E-state index < -0.39 is 59.9 Å². The number of H-pyrrole nitrogens is 1. The number of rotatable bonds is 9. The fraction of sp³-hybridized carbons (Fsp3) is 0.545. The molecule has 3 unspecified atom stereocenters. The van der Waals surface area contributed by atoms with Crippen LogP contribution in [0.15, 0.2) is 11.1 Å². The van der Waals surface area contributed by atoms with Gasteiger partial charge in [-0.15, -0.1) is 0 Å². The number of hydrogen-bond donors (Lipinski definition) is 8. The third-order valence-corrected chi connectivity index (χ3v) is 7.96. The lowest BCUT2D eigenvalue weighted by molar-refractivity contribution is -0.175. The number of aliphatic hydroxyl groups is 2. The molecule has 3 heterocycles. The number of nitrogens with one attached hydrogen (secondary N) is 1. The molecule has 20 nitrogen and oxygen atoms in total. The van der Waals surface area contributed by atoms with Crippen LogP contribution in [0.5, 0.6) is 0 Å². The van der Waals surface area contributed by atoms with Crippen molar-refractivity contribution < 1.29 is 66.1 Å². The number of fused-ring (bicyclic) bond motifs is 1. The molecule has 9 N–H and O–H groups in total. The Morgan fingerprint density at radius 1 is 1.15 bits per heavy atom. The first kappa shape index (κ1) is 27.0. The third-order valence-electron chi connectivity index (χ3n) is 4.15. The van der Waals surface area contributed by atoms with Crippen molar-refractivity contribution >= 4 is 40.6 Å². The van der Waals surface area contributed by atoms with Crippen molar-refractivity contribution in [3.05, 3.63) is 16.7 Å². The summed E-state index contributed by atoms with van der Waals surface area (Å²) in [6.45, 7) is 0. The Labute approximate surface area is 187 Å². The molecule has 0 aliphatic carbocycles. The molecule has 2 aromatic rings. The van der Waals surface area contributed by atoms with Gasteiger partial charge in [-0.05, 0) is 0 Å². The van der Waals surface area contributed by atoms with Crippen molar-refractivity contribution in [2.75, 3.05) is 12.8 Å². The molecule has 0 saturated carbocycles. The Hall–Kier alpha value is -1.60. The van der Waals surface area contributed by atoms with Crippen molar-refractivity contribution in [2.45, 2.75) is 30.8 Å². The number of anilines is 1. The molecule has 0 amide bonds. The summed E-state index contributed by atoms with van der Waals surface area (Å²) < 4.78 is 57.2. The zero-order chi connectivity index (χ0) is 25.6. The topological polar surface area (TPSA) is 308 Å². The first-order chi connectivity index (χ1) is 15.5. The summed E-state index contributed by atoms with van der Waals surface area (Å²) in [4.78, 5) is 57.9. The Morgan fingerprint density at radius 2 is 1.79 bits per heavy atom. The molecule has 0 radical (unpaired) electrons. The molecular weight excluding hydrogens is 535 g/mol. The van der Waals surface area contributed by atoms with Gasteiger partial charge >= 0.3 is 23.5 Å². The highest BCUT2D eigenvalue weighted by atomic mass is 31.3. The number of imidazole rings is 1. The Morgan fingerprint density at radius 3 is 2.38 bits per heavy atom. The van der Waals surface area contributed by atoms with E-state index in [4.69, 9.17) is 25.0 Å². The van der Waals surface area contributed by atoms with Crippen LogP contribution in [-0.4, -0.2) is 81.0 Å². The first-order valence-electron chi connectivity index (χ1n) is 8.62. The molecule has 34 heavy (non-hydrogen) atoms. The van der Waals surface area contributed by atoms with E-state index in [-0.39, 0.29) is 17.1 Å². The predicted molar refractivity (Wildman–Crippen MR) is 104 cm³/mol. The van der Waals surface area contributed by atoms with Crippen molar-refractivity contribution in [1.29, 1.82) is 0 Å². The largest absolute Gasteiger partial charge is 0.490 e. The average molecular weight is 553 g/mol. The number of methoxy groups -OCH3 is 1. The molecule has 7 atom stereocenters. The Kier molecular flexibility index (Phi) is 7.51. The average Bonchev–Trinajstić information content (AvgIpc) is 3.19. The highest BCUT2D eigenvalue weighted by Crippen LogP contribution is 2.66. The minimum atomic E-state index is -5.82. The van der Waals surface area contributed by atoms with Crippen LogP contribution in [0.3, 0.4) is 0 Å². The van der Waals surface area contributed by atoms with Crippen molar-refractivity contribution in [3.8, 4) is 0 Å². The summed E-state index contributed by atoms with van der Waals surface area (Å²) in [6.07, 6.45) is -8.00. The summed E-state index contributed by atoms with van der Waals surface area (Å²) in [5.74, 6) is -0.300. The monoisotopic (exact) mass is 553 g/mol. The van der Waals surface area contributed by atoms with Crippen LogP contribution in [0, 0.1) is 0 Å². The van der Waals surface area contributed by atoms with Crippen LogP contribution in [0.25, 0.3) is 11.2 Å². The molecule has 23 heteroatoms. The number of nitrogens with zero attached hydrogens (tertiary/aromatic N) is 3. The molecule has 1 aliphatic rings. The quantitative estimate of drug-likeness (QED) is 0.119. The minimum absolute atomic E-state index is 0.153. The summed E-state index contributed by atoms with van der Waals surface area (Å²) in [5.41, 5.74) is 4.43. The Bertz CT molecular complexity index is 1260. The van der Waals surface area contributed by atoms with Crippen LogP contribution in [0.1, 0.15) is 6.23 Å². The van der Waals surface area contributed by atoms with Gasteiger partial charge in [0.2, 0.25) is 5.95 Å². The fourth-order valence-corrected chi connectivity index (χ4v) is 6.07. The summed E-state index contributed by atoms with van der Waals surface area (Å²) >= 11 is 0. The van der Waals surface area contributed by atoms with E-state index in [2.05, 4.69) is 28.1 Å². The van der Waals surface area contributed by atoms with Crippen LogP contribution in [-0.2, 0) is 36.3 Å². The number of aromatic nitrogens is 4. The van der Waals surface area contributed by atoms with Crippen LogP contribution >= 0.6 is 23.5 Å². The van der Waals surface area contributed by atoms with E-state index >= 15 is 0 Å². The first-order valence-corrected chi connectivity index (χ1v) is 13.1. The van der Waals surface area contributed by atoms with E-state index in [0.717, 1.165) is 18.0 Å². The van der Waals surface area contributed by atoms with E-state index in [9.17, 15) is 38.5 Å². The van der Waals surface area contributed by atoms with Crippen molar-refractivity contribution in [2.24, 2.45) is 0 Å². The maximum atomic E-state index is 12.1. The highest BCUT2D eigenvalue weighted by Gasteiger charge is 2.51. The molecule has 1 aliphatic heterocycles. The molecule has 1 fully saturated rings. The number of ether oxygens (including phenoxy) is 2. The van der Waals surface area contributed by atoms with Crippen molar-refractivity contribution in [3.63, 3.8) is 0 Å². The van der Waals surface area contributed by atoms with Gasteiger partial charge in [0.1, 0.15) is 18.3 Å². The van der Waals surface area contributed by atoms with Gasteiger partial charge in [0.25, 0.3) is 5.56 Å². The minimum Gasteiger partial charge on any atom is -0.387 e. The van der Waals surface area contributed by atoms with E-state index in [1.54, 1.807) is 0 Å². The second-order valence-electron chi connectivity index (χ2n) is 6.55. The van der Waals surface area contributed by atoms with Gasteiger partial charge < -0.3 is 45.0 Å². The normalized spacial score (nSPS) is 28.0. The van der Waals surface area contributed by atoms with Gasteiger partial charge in [-0.25, -0.2) is 18.7 Å². The van der Waals surface area contributed by atoms with Crippen molar-refractivity contribution in [1.82, 2.24) is 19.5 Å². The summed E-state index contributed by atoms with van der Waals surface area (Å²) in [5, 5.41) is 20.8. The fourth-order valence-electron chi connectivity index (χ4n) is 2.94. The zero-order valence-electron chi connectivity index (χ0n) is 16.6. The highest BCUT2D eigenvalue weighted by molar-refractivity contribution is 7.66. The molecule has 1 saturated heterocycles. The number of aliphatic hydroxyl groups excluding tert-OH is 2. The van der Waals surface area contributed by atoms with Gasteiger partial charge in [0.05, 0.1) is 6.33 Å². The number of hydrogen-bond acceptors (Lipinski definition) is 14. The molecule has 0 spiro atoms. The number of phosphoric ester groups is 1. The summed E-state index contributed by atoms with van der Waals surface area (Å²) in [6, 6.07) is 0. The smallest absolute Gasteiger partial charge is 0.387 e. The number of nitrogens with two attached hydrogens (primary N) is 1. The second-order valence-corrected chi connectivity index (χ2v) is 10.9. The lowest BCUT2D eigenvalue weighted by atomic mass is 10.1. The third kappa shape index (κ3) is 5.96. The van der Waals surface area contributed by atoms with E-state index in [1.807, 2.05) is 0 Å². The van der Waals surface area contributed by atoms with Gasteiger partial charge in [-0.3, -0.25) is 18.9 Å². The molecule has 0 aromatic carbocycles. The lowest BCUT2D eigenvalue weighted by Gasteiger charge is -2.26. The van der Waals surface area contributed by atoms with Crippen LogP contribution in [0.4, 0.5) is 5.95 Å². The molecule has 2 aromatic heterocycles.